The van der Waals surface area contributed by atoms with Gasteiger partial charge in [0.2, 0.25) is 5.95 Å². The van der Waals surface area contributed by atoms with E-state index in [4.69, 9.17) is 10.1 Å². The Morgan fingerprint density at radius 3 is 2.74 bits per heavy atom. The molecule has 0 radical (unpaired) electrons. The molecule has 1 atom stereocenters. The van der Waals surface area contributed by atoms with Crippen LogP contribution in [0.1, 0.15) is 23.4 Å². The number of carbonyl (C=O) groups excluding carboxylic acids is 1. The van der Waals surface area contributed by atoms with Crippen LogP contribution in [0.4, 0.5) is 11.6 Å². The molecular formula is C23H20N6OS. The Morgan fingerprint density at radius 2 is 2.00 bits per heavy atom. The van der Waals surface area contributed by atoms with Crippen LogP contribution in [0.5, 0.6) is 0 Å². The minimum absolute atomic E-state index is 0.199. The summed E-state index contributed by atoms with van der Waals surface area (Å²) in [6, 6.07) is 15.2. The fraction of sp³-hybridized carbons (Fsp3) is 0.130. The Morgan fingerprint density at radius 1 is 1.13 bits per heavy atom. The van der Waals surface area contributed by atoms with Crippen LogP contribution in [-0.2, 0) is 4.79 Å². The standard InChI is InChI=1S/C23H20N6OS/c1-14-7-3-4-9-17(14)21-27-23-25-15(2)19(22(30)26-16-8-5-11-24-13-16)20(29(23)28-21)18-10-6-12-31-18/h3-13,20H,1-2H3,(H,26,30)(H,25,27,28). The van der Waals surface area contributed by atoms with Crippen LogP contribution < -0.4 is 10.6 Å². The van der Waals surface area contributed by atoms with Gasteiger partial charge in [0.1, 0.15) is 6.04 Å². The Labute approximate surface area is 183 Å². The smallest absolute Gasteiger partial charge is 0.255 e. The van der Waals surface area contributed by atoms with Gasteiger partial charge in [0.25, 0.3) is 5.91 Å². The van der Waals surface area contributed by atoms with Gasteiger partial charge >= 0.3 is 0 Å². The summed E-state index contributed by atoms with van der Waals surface area (Å²) in [4.78, 5) is 23.2. The summed E-state index contributed by atoms with van der Waals surface area (Å²) in [5.41, 5.74) is 4.05. The fourth-order valence-corrected chi connectivity index (χ4v) is 4.55. The molecule has 0 spiro atoms. The monoisotopic (exact) mass is 428 g/mol. The van der Waals surface area contributed by atoms with Gasteiger partial charge in [0, 0.05) is 22.3 Å². The first kappa shape index (κ1) is 19.2. The van der Waals surface area contributed by atoms with Crippen molar-refractivity contribution in [2.24, 2.45) is 0 Å². The predicted octanol–water partition coefficient (Wildman–Crippen LogP) is 4.64. The molecule has 1 amide bonds. The summed E-state index contributed by atoms with van der Waals surface area (Å²) < 4.78 is 1.80. The molecule has 31 heavy (non-hydrogen) atoms. The maximum absolute atomic E-state index is 13.3. The lowest BCUT2D eigenvalue weighted by Crippen LogP contribution is -2.31. The van der Waals surface area contributed by atoms with Crippen molar-refractivity contribution in [3.8, 4) is 11.4 Å². The summed E-state index contributed by atoms with van der Waals surface area (Å²) >= 11 is 1.59. The topological polar surface area (TPSA) is 84.7 Å². The molecular weight excluding hydrogens is 408 g/mol. The van der Waals surface area contributed by atoms with Crippen molar-refractivity contribution in [2.45, 2.75) is 19.9 Å². The van der Waals surface area contributed by atoms with Gasteiger partial charge in [-0.2, -0.15) is 4.98 Å². The molecule has 0 saturated heterocycles. The largest absolute Gasteiger partial charge is 0.328 e. The molecule has 3 aromatic heterocycles. The molecule has 4 heterocycles. The minimum atomic E-state index is -0.377. The van der Waals surface area contributed by atoms with Gasteiger partial charge in [-0.25, -0.2) is 4.68 Å². The molecule has 0 fully saturated rings. The SMILES string of the molecule is CC1=C(C(=O)Nc2cccnc2)C(c2cccs2)n2nc(-c3ccccc3C)nc2N1. The highest BCUT2D eigenvalue weighted by Crippen LogP contribution is 2.38. The number of nitrogens with one attached hydrogen (secondary N) is 2. The van der Waals surface area contributed by atoms with Gasteiger partial charge in [-0.05, 0) is 43.0 Å². The molecule has 2 N–H and O–H groups in total. The van der Waals surface area contributed by atoms with E-state index < -0.39 is 0 Å². The number of fused-ring (bicyclic) bond motifs is 1. The van der Waals surface area contributed by atoms with Crippen molar-refractivity contribution in [1.82, 2.24) is 19.7 Å². The van der Waals surface area contributed by atoms with Crippen molar-refractivity contribution in [1.29, 1.82) is 0 Å². The lowest BCUT2D eigenvalue weighted by atomic mass is 10.0. The molecule has 4 aromatic rings. The first-order chi connectivity index (χ1) is 15.1. The number of nitrogens with zero attached hydrogens (tertiary/aromatic N) is 4. The Kier molecular flexibility index (Phi) is 4.83. The van der Waals surface area contributed by atoms with E-state index in [-0.39, 0.29) is 11.9 Å². The summed E-state index contributed by atoms with van der Waals surface area (Å²) in [6.45, 7) is 3.93. The summed E-state index contributed by atoms with van der Waals surface area (Å²) in [5.74, 6) is 1.05. The minimum Gasteiger partial charge on any atom is -0.328 e. The van der Waals surface area contributed by atoms with Gasteiger partial charge < -0.3 is 10.6 Å². The second-order valence-electron chi connectivity index (χ2n) is 7.30. The van der Waals surface area contributed by atoms with E-state index in [0.717, 1.165) is 21.7 Å². The van der Waals surface area contributed by atoms with E-state index in [1.807, 2.05) is 61.7 Å². The number of hydrogen-bond donors (Lipinski definition) is 2. The molecule has 0 bridgehead atoms. The van der Waals surface area contributed by atoms with Crippen LogP contribution in [-0.4, -0.2) is 25.7 Å². The number of aromatic nitrogens is 4. The van der Waals surface area contributed by atoms with E-state index >= 15 is 0 Å². The zero-order valence-corrected chi connectivity index (χ0v) is 17.9. The van der Waals surface area contributed by atoms with Crippen LogP contribution in [0.15, 0.2) is 77.6 Å². The molecule has 0 saturated carbocycles. The van der Waals surface area contributed by atoms with E-state index in [1.54, 1.807) is 34.5 Å². The zero-order chi connectivity index (χ0) is 21.4. The van der Waals surface area contributed by atoms with Gasteiger partial charge in [0.15, 0.2) is 5.82 Å². The first-order valence-electron chi connectivity index (χ1n) is 9.87. The highest BCUT2D eigenvalue weighted by molar-refractivity contribution is 7.10. The Bertz CT molecular complexity index is 1280. The molecule has 8 heteroatoms. The second kappa shape index (κ2) is 7.81. The normalized spacial score (nSPS) is 15.4. The summed E-state index contributed by atoms with van der Waals surface area (Å²) in [7, 11) is 0. The van der Waals surface area contributed by atoms with Crippen LogP contribution in [0.25, 0.3) is 11.4 Å². The highest BCUT2D eigenvalue weighted by Gasteiger charge is 2.35. The highest BCUT2D eigenvalue weighted by atomic mass is 32.1. The number of pyridine rings is 1. The molecule has 7 nitrogen and oxygen atoms in total. The van der Waals surface area contributed by atoms with Crippen LogP contribution in [0.3, 0.4) is 0 Å². The second-order valence-corrected chi connectivity index (χ2v) is 8.28. The number of amides is 1. The molecule has 0 aliphatic carbocycles. The Balaban J connectivity index is 1.59. The average molecular weight is 429 g/mol. The maximum Gasteiger partial charge on any atom is 0.255 e. The summed E-state index contributed by atoms with van der Waals surface area (Å²) in [6.07, 6.45) is 3.30. The van der Waals surface area contributed by atoms with Gasteiger partial charge in [-0.15, -0.1) is 16.4 Å². The molecule has 1 unspecified atom stereocenters. The van der Waals surface area contributed by atoms with Crippen molar-refractivity contribution < 1.29 is 4.79 Å². The lowest BCUT2D eigenvalue weighted by molar-refractivity contribution is -0.113. The molecule has 154 valence electrons. The predicted molar refractivity (Wildman–Crippen MR) is 122 cm³/mol. The van der Waals surface area contributed by atoms with Crippen LogP contribution in [0.2, 0.25) is 0 Å². The van der Waals surface area contributed by atoms with Crippen LogP contribution in [0, 0.1) is 6.92 Å². The third kappa shape index (κ3) is 3.51. The molecule has 1 aliphatic heterocycles. The number of rotatable bonds is 4. The first-order valence-corrected chi connectivity index (χ1v) is 10.7. The van der Waals surface area contributed by atoms with E-state index in [0.29, 0.717) is 23.0 Å². The van der Waals surface area contributed by atoms with Gasteiger partial charge in [-0.3, -0.25) is 9.78 Å². The van der Waals surface area contributed by atoms with E-state index in [1.165, 1.54) is 0 Å². The van der Waals surface area contributed by atoms with Gasteiger partial charge in [0.05, 0.1) is 17.5 Å². The van der Waals surface area contributed by atoms with Crippen LogP contribution >= 0.6 is 11.3 Å². The van der Waals surface area contributed by atoms with Crippen molar-refractivity contribution in [3.05, 3.63) is 88.0 Å². The lowest BCUT2D eigenvalue weighted by Gasteiger charge is -2.27. The third-order valence-corrected chi connectivity index (χ3v) is 6.14. The number of anilines is 2. The number of hydrogen-bond acceptors (Lipinski definition) is 6. The fourth-order valence-electron chi connectivity index (χ4n) is 3.73. The number of benzene rings is 1. The quantitative estimate of drug-likeness (QED) is 0.495. The average Bonchev–Trinajstić information content (AvgIpc) is 3.43. The Hall–Kier alpha value is -3.78. The van der Waals surface area contributed by atoms with Crippen molar-refractivity contribution >= 4 is 28.9 Å². The number of thiophene rings is 1. The van der Waals surface area contributed by atoms with Crippen molar-refractivity contribution in [2.75, 3.05) is 10.6 Å². The summed E-state index contributed by atoms with van der Waals surface area (Å²) in [5, 5.41) is 13.1. The molecule has 5 rings (SSSR count). The number of carbonyl (C=O) groups is 1. The number of aryl methyl sites for hydroxylation is 1. The van der Waals surface area contributed by atoms with Crippen molar-refractivity contribution in [3.63, 3.8) is 0 Å². The molecule has 1 aliphatic rings. The third-order valence-electron chi connectivity index (χ3n) is 5.22. The van der Waals surface area contributed by atoms with E-state index in [9.17, 15) is 4.79 Å². The van der Waals surface area contributed by atoms with Gasteiger partial charge in [-0.1, -0.05) is 30.3 Å². The molecule has 1 aromatic carbocycles. The number of allylic oxidation sites excluding steroid dienone is 1. The zero-order valence-electron chi connectivity index (χ0n) is 17.0. The van der Waals surface area contributed by atoms with E-state index in [2.05, 4.69) is 15.6 Å². The maximum atomic E-state index is 13.3.